The third-order valence-corrected chi connectivity index (χ3v) is 4.33. The molecule has 0 saturated heterocycles. The number of carbonyl (C=O) groups is 1. The highest BCUT2D eigenvalue weighted by molar-refractivity contribution is 5.80. The molecule has 1 amide bonds. The van der Waals surface area contributed by atoms with Crippen molar-refractivity contribution >= 4 is 28.2 Å². The summed E-state index contributed by atoms with van der Waals surface area (Å²) in [6.07, 6.45) is -5.03. The number of fused-ring (bicyclic) bond motifs is 1. The van der Waals surface area contributed by atoms with Crippen LogP contribution in [0.25, 0.3) is 10.9 Å². The molecule has 0 atom stereocenters. The number of para-hydroxylation sites is 1. The molecule has 3 aromatic rings. The Morgan fingerprint density at radius 3 is 2.55 bits per heavy atom. The quantitative estimate of drug-likeness (QED) is 0.399. The molecule has 0 spiro atoms. The second kappa shape index (κ2) is 8.30. The van der Waals surface area contributed by atoms with E-state index in [1.165, 1.54) is 16.7 Å². The number of H-pyrrole nitrogens is 1. The van der Waals surface area contributed by atoms with Crippen molar-refractivity contribution in [3.8, 4) is 0 Å². The Morgan fingerprint density at radius 2 is 1.87 bits per heavy atom. The first-order valence-corrected chi connectivity index (χ1v) is 8.70. The molecule has 0 saturated carbocycles. The van der Waals surface area contributed by atoms with Crippen LogP contribution in [0.3, 0.4) is 0 Å². The molecule has 1 aromatic heterocycles. The van der Waals surface area contributed by atoms with Gasteiger partial charge in [-0.25, -0.2) is 4.79 Å². The summed E-state index contributed by atoms with van der Waals surface area (Å²) >= 11 is 0. The summed E-state index contributed by atoms with van der Waals surface area (Å²) in [4.78, 5) is 48.2. The van der Waals surface area contributed by atoms with Gasteiger partial charge in [-0.1, -0.05) is 12.1 Å². The van der Waals surface area contributed by atoms with E-state index in [1.807, 2.05) is 0 Å². The number of alkyl halides is 3. The number of anilines is 1. The van der Waals surface area contributed by atoms with Crippen molar-refractivity contribution in [1.29, 1.82) is 0 Å². The Labute approximate surface area is 170 Å². The monoisotopic (exact) mass is 437 g/mol. The van der Waals surface area contributed by atoms with Crippen molar-refractivity contribution in [3.63, 3.8) is 0 Å². The topological polar surface area (TPSA) is 139 Å². The number of rotatable bonds is 6. The predicted molar refractivity (Wildman–Crippen MR) is 103 cm³/mol. The Bertz CT molecular complexity index is 1280. The number of nitrogens with one attached hydrogen (secondary N) is 3. The third-order valence-electron chi connectivity index (χ3n) is 4.33. The van der Waals surface area contributed by atoms with Crippen molar-refractivity contribution in [2.75, 3.05) is 5.43 Å². The number of halogens is 3. The van der Waals surface area contributed by atoms with Crippen LogP contribution in [0.4, 0.5) is 24.5 Å². The van der Waals surface area contributed by atoms with Gasteiger partial charge in [0.25, 0.3) is 11.2 Å². The molecule has 0 aliphatic rings. The van der Waals surface area contributed by atoms with E-state index >= 15 is 0 Å². The number of hydrogen-bond donors (Lipinski definition) is 3. The number of nitro groups is 1. The van der Waals surface area contributed by atoms with Gasteiger partial charge in [0.1, 0.15) is 5.69 Å². The largest absolute Gasteiger partial charge is 0.416 e. The first kappa shape index (κ1) is 21.5. The van der Waals surface area contributed by atoms with Gasteiger partial charge in [-0.15, -0.1) is 0 Å². The van der Waals surface area contributed by atoms with E-state index in [2.05, 4.69) is 15.8 Å². The lowest BCUT2D eigenvalue weighted by Gasteiger charge is -2.12. The number of aromatic nitrogens is 2. The summed E-state index contributed by atoms with van der Waals surface area (Å²) in [6, 6.07) is 8.07. The van der Waals surface area contributed by atoms with E-state index in [1.54, 1.807) is 12.1 Å². The first-order chi connectivity index (χ1) is 14.6. The Morgan fingerprint density at radius 1 is 1.16 bits per heavy atom. The average Bonchev–Trinajstić information content (AvgIpc) is 2.71. The number of benzene rings is 2. The standard InChI is InChI=1S/C18H14F3N5O5/c19-18(20,21)10-5-6-12(14(9-10)26(30)31)23-24-15(27)7-8-25-13-4-2-1-3-11(13)16(28)22-17(25)29/h1-6,9,23H,7-8H2,(H,24,27)(H,22,28,29). The van der Waals surface area contributed by atoms with Crippen LogP contribution < -0.4 is 22.1 Å². The van der Waals surface area contributed by atoms with Crippen LogP contribution in [0.15, 0.2) is 52.1 Å². The zero-order valence-corrected chi connectivity index (χ0v) is 15.5. The number of hydrazine groups is 1. The highest BCUT2D eigenvalue weighted by atomic mass is 19.4. The first-order valence-electron chi connectivity index (χ1n) is 8.70. The van der Waals surface area contributed by atoms with Gasteiger partial charge in [-0.3, -0.25) is 40.1 Å². The van der Waals surface area contributed by atoms with Gasteiger partial charge in [0.2, 0.25) is 5.91 Å². The normalized spacial score (nSPS) is 11.3. The van der Waals surface area contributed by atoms with Crippen molar-refractivity contribution < 1.29 is 22.9 Å². The Hall–Kier alpha value is -4.16. The molecule has 0 bridgehead atoms. The summed E-state index contributed by atoms with van der Waals surface area (Å²) in [7, 11) is 0. The Balaban J connectivity index is 1.72. The number of nitrogens with zero attached hydrogens (tertiary/aromatic N) is 2. The van der Waals surface area contributed by atoms with E-state index in [0.717, 1.165) is 6.07 Å². The molecule has 10 nitrogen and oxygen atoms in total. The molecule has 3 rings (SSSR count). The molecule has 0 fully saturated rings. The molecular formula is C18H14F3N5O5. The number of amides is 1. The van der Waals surface area contributed by atoms with Crippen LogP contribution >= 0.6 is 0 Å². The fourth-order valence-corrected chi connectivity index (χ4v) is 2.84. The molecule has 0 aliphatic carbocycles. The predicted octanol–water partition coefficient (Wildman–Crippen LogP) is 2.15. The van der Waals surface area contributed by atoms with Crippen molar-refractivity contribution in [2.45, 2.75) is 19.1 Å². The van der Waals surface area contributed by atoms with Crippen LogP contribution in [0.5, 0.6) is 0 Å². The second-order valence-corrected chi connectivity index (χ2v) is 6.34. The number of hydrogen-bond acceptors (Lipinski definition) is 6. The summed E-state index contributed by atoms with van der Waals surface area (Å²) in [5.74, 6) is -0.698. The lowest BCUT2D eigenvalue weighted by molar-refractivity contribution is -0.384. The smallest absolute Gasteiger partial charge is 0.293 e. The molecule has 0 aliphatic heterocycles. The van der Waals surface area contributed by atoms with Crippen molar-refractivity contribution in [1.82, 2.24) is 15.0 Å². The summed E-state index contributed by atoms with van der Waals surface area (Å²) < 4.78 is 39.4. The zero-order valence-electron chi connectivity index (χ0n) is 15.5. The SMILES string of the molecule is O=C(CCn1c(=O)[nH]c(=O)c2ccccc21)NNc1ccc(C(F)(F)F)cc1[N+](=O)[O-]. The minimum Gasteiger partial charge on any atom is -0.293 e. The van der Waals surface area contributed by atoms with E-state index in [4.69, 9.17) is 0 Å². The number of aryl methyl sites for hydroxylation is 1. The van der Waals surface area contributed by atoms with Crippen LogP contribution in [0.1, 0.15) is 12.0 Å². The third kappa shape index (κ3) is 4.71. The minimum atomic E-state index is -4.76. The van der Waals surface area contributed by atoms with E-state index < -0.39 is 39.5 Å². The lowest BCUT2D eigenvalue weighted by atomic mass is 10.1. The van der Waals surface area contributed by atoms with E-state index in [0.29, 0.717) is 17.6 Å². The molecule has 13 heteroatoms. The molecular weight excluding hydrogens is 423 g/mol. The van der Waals surface area contributed by atoms with Crippen LogP contribution in [-0.2, 0) is 17.5 Å². The lowest BCUT2D eigenvalue weighted by Crippen LogP contribution is -2.34. The highest BCUT2D eigenvalue weighted by Gasteiger charge is 2.33. The fraction of sp³-hybridized carbons (Fsp3) is 0.167. The van der Waals surface area contributed by atoms with Gasteiger partial charge in [-0.05, 0) is 24.3 Å². The number of nitro benzene ring substituents is 1. The molecule has 31 heavy (non-hydrogen) atoms. The Kier molecular flexibility index (Phi) is 5.77. The summed E-state index contributed by atoms with van der Waals surface area (Å²) in [6.45, 7) is -0.126. The molecule has 1 heterocycles. The maximum atomic E-state index is 12.7. The number of aromatic amines is 1. The zero-order chi connectivity index (χ0) is 22.8. The summed E-state index contributed by atoms with van der Waals surface area (Å²) in [5.41, 5.74) is 0.946. The van der Waals surface area contributed by atoms with Gasteiger partial charge < -0.3 is 0 Å². The van der Waals surface area contributed by atoms with E-state index in [-0.39, 0.29) is 24.0 Å². The molecule has 3 N–H and O–H groups in total. The average molecular weight is 437 g/mol. The van der Waals surface area contributed by atoms with Crippen LogP contribution in [0, 0.1) is 10.1 Å². The number of carbonyl (C=O) groups excluding carboxylic acids is 1. The minimum absolute atomic E-state index is 0.126. The van der Waals surface area contributed by atoms with Crippen LogP contribution in [0.2, 0.25) is 0 Å². The van der Waals surface area contributed by atoms with Gasteiger partial charge in [0.15, 0.2) is 0 Å². The van der Waals surface area contributed by atoms with Crippen molar-refractivity contribution in [3.05, 3.63) is 79.0 Å². The van der Waals surface area contributed by atoms with Gasteiger partial charge in [-0.2, -0.15) is 13.2 Å². The maximum Gasteiger partial charge on any atom is 0.416 e. The molecule has 2 aromatic carbocycles. The van der Waals surface area contributed by atoms with Crippen molar-refractivity contribution in [2.24, 2.45) is 0 Å². The molecule has 0 unspecified atom stereocenters. The highest BCUT2D eigenvalue weighted by Crippen LogP contribution is 2.34. The molecule has 0 radical (unpaired) electrons. The van der Waals surface area contributed by atoms with Gasteiger partial charge >= 0.3 is 11.9 Å². The second-order valence-electron chi connectivity index (χ2n) is 6.34. The van der Waals surface area contributed by atoms with Crippen LogP contribution in [-0.4, -0.2) is 20.4 Å². The van der Waals surface area contributed by atoms with Gasteiger partial charge in [0, 0.05) is 19.0 Å². The molecule has 162 valence electrons. The summed E-state index contributed by atoms with van der Waals surface area (Å²) in [5, 5.41) is 11.3. The van der Waals surface area contributed by atoms with Gasteiger partial charge in [0.05, 0.1) is 21.4 Å². The van der Waals surface area contributed by atoms with E-state index in [9.17, 15) is 37.7 Å². The fourth-order valence-electron chi connectivity index (χ4n) is 2.84. The maximum absolute atomic E-state index is 12.7.